The van der Waals surface area contributed by atoms with Crippen LogP contribution in [0.1, 0.15) is 0 Å². The molecule has 26 heavy (non-hydrogen) atoms. The lowest BCUT2D eigenvalue weighted by atomic mass is 9.93. The molecule has 4 aromatic carbocycles. The summed E-state index contributed by atoms with van der Waals surface area (Å²) >= 11 is 0. The van der Waals surface area contributed by atoms with Crippen molar-refractivity contribution in [1.82, 2.24) is 0 Å². The monoisotopic (exact) mass is 336 g/mol. The fourth-order valence-electron chi connectivity index (χ4n) is 3.29. The van der Waals surface area contributed by atoms with E-state index in [0.717, 1.165) is 32.7 Å². The Balaban J connectivity index is 2.11. The molecule has 0 fully saturated rings. The summed E-state index contributed by atoms with van der Waals surface area (Å²) in [5.41, 5.74) is 1.75. The normalized spacial score (nSPS) is 10.2. The van der Waals surface area contributed by atoms with Gasteiger partial charge in [-0.05, 0) is 39.9 Å². The van der Waals surface area contributed by atoms with Crippen molar-refractivity contribution in [3.8, 4) is 35.1 Å². The van der Waals surface area contributed by atoms with Gasteiger partial charge in [-0.1, -0.05) is 54.6 Å². The van der Waals surface area contributed by atoms with Gasteiger partial charge in [0.25, 0.3) is 12.5 Å². The van der Waals surface area contributed by atoms with Gasteiger partial charge in [-0.15, -0.1) is 10.5 Å². The Hall–Kier alpha value is -4.02. The number of hydrogen-bond donors (Lipinski definition) is 0. The lowest BCUT2D eigenvalue weighted by molar-refractivity contribution is 0.509. The van der Waals surface area contributed by atoms with Crippen molar-refractivity contribution in [1.29, 1.82) is 10.5 Å². The summed E-state index contributed by atoms with van der Waals surface area (Å²) in [6.45, 7) is 0. The third kappa shape index (κ3) is 2.47. The zero-order valence-corrected chi connectivity index (χ0v) is 13.6. The molecule has 0 aromatic heterocycles. The summed E-state index contributed by atoms with van der Waals surface area (Å²) in [4.78, 5) is 0. The lowest BCUT2D eigenvalue weighted by Gasteiger charge is -2.14. The smallest absolute Gasteiger partial charge is 0.292 e. The van der Waals surface area contributed by atoms with Gasteiger partial charge in [0.05, 0.1) is 0 Å². The number of rotatable bonds is 3. The second-order valence-corrected chi connectivity index (χ2v) is 5.70. The molecule has 0 aliphatic carbocycles. The number of nitriles is 2. The van der Waals surface area contributed by atoms with Crippen molar-refractivity contribution >= 4 is 21.5 Å². The first-order valence-corrected chi connectivity index (χ1v) is 7.99. The van der Waals surface area contributed by atoms with Crippen LogP contribution in [0.15, 0.2) is 72.8 Å². The Morgan fingerprint density at radius 1 is 0.577 bits per heavy atom. The van der Waals surface area contributed by atoms with Crippen LogP contribution in [0.2, 0.25) is 0 Å². The van der Waals surface area contributed by atoms with E-state index < -0.39 is 0 Å². The third-order valence-electron chi connectivity index (χ3n) is 4.36. The molecule has 0 atom stereocenters. The predicted octanol–water partition coefficient (Wildman–Crippen LogP) is 5.38. The number of hydrogen-bond acceptors (Lipinski definition) is 4. The van der Waals surface area contributed by atoms with Crippen molar-refractivity contribution in [2.75, 3.05) is 0 Å². The van der Waals surface area contributed by atoms with E-state index >= 15 is 0 Å². The molecule has 4 rings (SSSR count). The van der Waals surface area contributed by atoms with E-state index in [9.17, 15) is 0 Å². The number of fused-ring (bicyclic) bond motifs is 2. The number of nitrogens with zero attached hydrogens (tertiary/aromatic N) is 2. The minimum atomic E-state index is 0.491. The van der Waals surface area contributed by atoms with E-state index in [0.29, 0.717) is 11.5 Å². The fraction of sp³-hybridized carbons (Fsp3) is 0. The van der Waals surface area contributed by atoms with Crippen LogP contribution in [0.5, 0.6) is 11.5 Å². The average Bonchev–Trinajstić information content (AvgIpc) is 2.69. The maximum absolute atomic E-state index is 9.06. The summed E-state index contributed by atoms with van der Waals surface area (Å²) < 4.78 is 10.3. The topological polar surface area (TPSA) is 66.0 Å². The van der Waals surface area contributed by atoms with Crippen LogP contribution in [-0.2, 0) is 0 Å². The Morgan fingerprint density at radius 3 is 1.96 bits per heavy atom. The molecule has 122 valence electrons. The van der Waals surface area contributed by atoms with Gasteiger partial charge in [0.2, 0.25) is 0 Å². The van der Waals surface area contributed by atoms with Crippen LogP contribution < -0.4 is 9.47 Å². The third-order valence-corrected chi connectivity index (χ3v) is 4.36. The first-order chi connectivity index (χ1) is 12.8. The highest BCUT2D eigenvalue weighted by Gasteiger charge is 2.16. The molecule has 0 aliphatic heterocycles. The molecule has 4 heteroatoms. The van der Waals surface area contributed by atoms with Gasteiger partial charge in [-0.2, -0.15) is 0 Å². The molecular weight excluding hydrogens is 324 g/mol. The van der Waals surface area contributed by atoms with E-state index in [1.165, 1.54) is 0 Å². The molecular formula is C22H12N2O2. The van der Waals surface area contributed by atoms with E-state index in [2.05, 4.69) is 0 Å². The average molecular weight is 336 g/mol. The Bertz CT molecular complexity index is 1220. The Labute approximate surface area is 150 Å². The van der Waals surface area contributed by atoms with Gasteiger partial charge >= 0.3 is 0 Å². The second kappa shape index (κ2) is 6.47. The molecule has 0 aliphatic rings. The van der Waals surface area contributed by atoms with Crippen LogP contribution >= 0.6 is 0 Å². The SMILES string of the molecule is N#COc1ccc2ccccc2c1-c1ccc(OC#N)c2ccccc12. The van der Waals surface area contributed by atoms with Gasteiger partial charge in [0, 0.05) is 10.9 Å². The second-order valence-electron chi connectivity index (χ2n) is 5.70. The van der Waals surface area contributed by atoms with Crippen molar-refractivity contribution in [2.24, 2.45) is 0 Å². The van der Waals surface area contributed by atoms with Crippen LogP contribution in [-0.4, -0.2) is 0 Å². The van der Waals surface area contributed by atoms with Crippen LogP contribution in [0.3, 0.4) is 0 Å². The first-order valence-electron chi connectivity index (χ1n) is 7.99. The molecule has 4 nitrogen and oxygen atoms in total. The van der Waals surface area contributed by atoms with Gasteiger partial charge in [-0.3, -0.25) is 0 Å². The summed E-state index contributed by atoms with van der Waals surface area (Å²) in [7, 11) is 0. The van der Waals surface area contributed by atoms with Gasteiger partial charge < -0.3 is 9.47 Å². The maximum Gasteiger partial charge on any atom is 0.292 e. The van der Waals surface area contributed by atoms with Crippen LogP contribution in [0.4, 0.5) is 0 Å². The number of benzene rings is 4. The Kier molecular flexibility index (Phi) is 3.86. The lowest BCUT2D eigenvalue weighted by Crippen LogP contribution is -1.92. The predicted molar refractivity (Wildman–Crippen MR) is 99.4 cm³/mol. The standard InChI is InChI=1S/C22H12N2O2/c23-13-25-20-12-10-19(17-7-3-4-8-18(17)20)22-16-6-2-1-5-15(16)9-11-21(22)26-14-24/h1-12H. The molecule has 0 unspecified atom stereocenters. The fourth-order valence-corrected chi connectivity index (χ4v) is 3.29. The summed E-state index contributed by atoms with van der Waals surface area (Å²) in [6.07, 6.45) is 3.50. The molecule has 4 aromatic rings. The van der Waals surface area contributed by atoms with E-state index in [-0.39, 0.29) is 0 Å². The highest BCUT2D eigenvalue weighted by Crippen LogP contribution is 2.42. The zero-order valence-electron chi connectivity index (χ0n) is 13.6. The molecule has 0 radical (unpaired) electrons. The highest BCUT2D eigenvalue weighted by molar-refractivity contribution is 6.09. The van der Waals surface area contributed by atoms with Gasteiger partial charge in [0.15, 0.2) is 5.75 Å². The summed E-state index contributed by atoms with van der Waals surface area (Å²) in [6, 6.07) is 23.0. The quantitative estimate of drug-likeness (QED) is 0.471. The highest BCUT2D eigenvalue weighted by atomic mass is 16.5. The summed E-state index contributed by atoms with van der Waals surface area (Å²) in [5.74, 6) is 0.986. The largest absolute Gasteiger partial charge is 0.387 e. The molecule has 0 heterocycles. The molecule has 0 saturated heterocycles. The van der Waals surface area contributed by atoms with Crippen molar-refractivity contribution in [3.05, 3.63) is 72.8 Å². The first kappa shape index (κ1) is 15.5. The summed E-state index contributed by atoms with van der Waals surface area (Å²) in [5, 5.41) is 21.7. The van der Waals surface area contributed by atoms with Crippen molar-refractivity contribution in [3.63, 3.8) is 0 Å². The minimum Gasteiger partial charge on any atom is -0.387 e. The minimum absolute atomic E-state index is 0.491. The zero-order chi connectivity index (χ0) is 17.9. The van der Waals surface area contributed by atoms with Crippen LogP contribution in [0.25, 0.3) is 32.7 Å². The van der Waals surface area contributed by atoms with Crippen molar-refractivity contribution < 1.29 is 9.47 Å². The molecule has 0 N–H and O–H groups in total. The number of ether oxygens (including phenoxy) is 2. The molecule has 0 amide bonds. The van der Waals surface area contributed by atoms with Gasteiger partial charge in [0.1, 0.15) is 5.75 Å². The van der Waals surface area contributed by atoms with E-state index in [4.69, 9.17) is 20.0 Å². The van der Waals surface area contributed by atoms with E-state index in [1.807, 2.05) is 60.7 Å². The maximum atomic E-state index is 9.06. The van der Waals surface area contributed by atoms with Gasteiger partial charge in [-0.25, -0.2) is 0 Å². The van der Waals surface area contributed by atoms with Crippen molar-refractivity contribution in [2.45, 2.75) is 0 Å². The molecule has 0 bridgehead atoms. The molecule has 0 saturated carbocycles. The molecule has 0 spiro atoms. The van der Waals surface area contributed by atoms with Crippen LogP contribution in [0, 0.1) is 23.0 Å². The van der Waals surface area contributed by atoms with E-state index in [1.54, 1.807) is 24.6 Å². The Morgan fingerprint density at radius 2 is 1.19 bits per heavy atom.